The Bertz CT molecular complexity index is 1210. The number of hydrogen-bond acceptors (Lipinski definition) is 5. The van der Waals surface area contributed by atoms with Crippen molar-refractivity contribution in [3.63, 3.8) is 0 Å². The zero-order chi connectivity index (χ0) is 25.7. The van der Waals surface area contributed by atoms with Gasteiger partial charge in [0, 0.05) is 54.2 Å². The average molecular weight is 507 g/mol. The third kappa shape index (κ3) is 6.04. The molecule has 1 atom stereocenters. The van der Waals surface area contributed by atoms with Gasteiger partial charge in [-0.15, -0.1) is 0 Å². The van der Waals surface area contributed by atoms with Gasteiger partial charge >= 0.3 is 0 Å². The van der Waals surface area contributed by atoms with Crippen molar-refractivity contribution in [3.8, 4) is 11.1 Å². The van der Waals surface area contributed by atoms with E-state index >= 15 is 0 Å². The van der Waals surface area contributed by atoms with E-state index in [1.165, 1.54) is 5.56 Å². The zero-order valence-corrected chi connectivity index (χ0v) is 21.4. The van der Waals surface area contributed by atoms with Crippen molar-refractivity contribution in [3.05, 3.63) is 77.1 Å². The van der Waals surface area contributed by atoms with Crippen molar-refractivity contribution in [2.45, 2.75) is 32.7 Å². The Hall–Kier alpha value is -3.42. The number of nitrogen functional groups attached to an aromatic ring is 1. The molecule has 0 spiro atoms. The molecule has 3 heterocycles. The number of rotatable bonds is 2. The third-order valence-corrected chi connectivity index (χ3v) is 6.65. The molecule has 0 radical (unpaired) electrons. The normalized spacial score (nSPS) is 17.0. The summed E-state index contributed by atoms with van der Waals surface area (Å²) in [7, 11) is 0. The summed E-state index contributed by atoms with van der Waals surface area (Å²) in [6.45, 7) is 6.08. The van der Waals surface area contributed by atoms with Crippen molar-refractivity contribution in [1.29, 1.82) is 0 Å². The molecule has 3 aromatic rings. The number of ether oxygens (including phenoxy) is 1. The lowest BCUT2D eigenvalue weighted by Crippen LogP contribution is -2.41. The minimum absolute atomic E-state index is 0.0496. The van der Waals surface area contributed by atoms with E-state index in [0.29, 0.717) is 42.7 Å². The summed E-state index contributed by atoms with van der Waals surface area (Å²) < 4.78 is 5.30. The van der Waals surface area contributed by atoms with E-state index in [0.717, 1.165) is 29.7 Å². The number of carbonyl (C=O) groups excluding carboxylic acids is 2. The van der Waals surface area contributed by atoms with Gasteiger partial charge in [-0.05, 0) is 67.3 Å². The number of carbonyl (C=O) groups is 2. The van der Waals surface area contributed by atoms with Crippen molar-refractivity contribution in [2.24, 2.45) is 0 Å². The molecule has 36 heavy (non-hydrogen) atoms. The number of benzene rings is 2. The summed E-state index contributed by atoms with van der Waals surface area (Å²) in [6.07, 6.45) is 3.67. The van der Waals surface area contributed by atoms with Crippen LogP contribution in [0.4, 0.5) is 11.4 Å². The van der Waals surface area contributed by atoms with Crippen molar-refractivity contribution >= 4 is 34.8 Å². The standard InChI is InChI=1S/C22H25N3O3.C6H6ClN/c1-15-3-4-18-13-17(6-8-21(18)25(15)16(2)26)19-5-7-20(23-14-19)22(27)24-9-11-28-12-10-24;7-5-2-1-3-6(8)4-5/h5-8,13-15H,3-4,9-12H2,1-2H3;1-4H,8H2/t15-;/m0./s1. The molecule has 0 unspecified atom stereocenters. The number of hydrogen-bond donors (Lipinski definition) is 1. The van der Waals surface area contributed by atoms with E-state index in [4.69, 9.17) is 22.1 Å². The second-order valence-electron chi connectivity index (χ2n) is 9.01. The number of aryl methyl sites for hydroxylation is 1. The first-order chi connectivity index (χ1) is 17.3. The van der Waals surface area contributed by atoms with E-state index in [1.54, 1.807) is 42.3 Å². The Labute approximate surface area is 216 Å². The predicted molar refractivity (Wildman–Crippen MR) is 143 cm³/mol. The number of fused-ring (bicyclic) bond motifs is 1. The van der Waals surface area contributed by atoms with E-state index in [2.05, 4.69) is 18.0 Å². The SMILES string of the molecule is CC(=O)N1c2ccc(-c3ccc(C(=O)N4CCOCC4)nc3)cc2CC[C@@H]1C.Nc1cccc(Cl)c1. The monoisotopic (exact) mass is 506 g/mol. The molecule has 0 bridgehead atoms. The average Bonchev–Trinajstić information content (AvgIpc) is 2.88. The summed E-state index contributed by atoms with van der Waals surface area (Å²) >= 11 is 5.56. The predicted octanol–water partition coefficient (Wildman–Crippen LogP) is 4.83. The molecule has 0 aliphatic carbocycles. The van der Waals surface area contributed by atoms with Gasteiger partial charge in [0.1, 0.15) is 5.69 Å². The maximum atomic E-state index is 12.5. The fraction of sp³-hybridized carbons (Fsp3) is 0.321. The van der Waals surface area contributed by atoms with Crippen molar-refractivity contribution in [1.82, 2.24) is 9.88 Å². The summed E-state index contributed by atoms with van der Waals surface area (Å²) in [4.78, 5) is 32.6. The fourth-order valence-electron chi connectivity index (χ4n) is 4.54. The highest BCUT2D eigenvalue weighted by molar-refractivity contribution is 6.30. The number of aromatic nitrogens is 1. The topological polar surface area (TPSA) is 88.8 Å². The Morgan fingerprint density at radius 2 is 1.81 bits per heavy atom. The highest BCUT2D eigenvalue weighted by atomic mass is 35.5. The molecular weight excluding hydrogens is 476 g/mol. The second kappa shape index (κ2) is 11.5. The molecule has 1 fully saturated rings. The minimum atomic E-state index is -0.0496. The molecule has 1 saturated heterocycles. The Balaban J connectivity index is 0.000000325. The zero-order valence-electron chi connectivity index (χ0n) is 20.6. The summed E-state index contributed by atoms with van der Waals surface area (Å²) in [6, 6.07) is 17.2. The minimum Gasteiger partial charge on any atom is -0.399 e. The number of nitrogens with two attached hydrogens (primary N) is 1. The molecule has 2 N–H and O–H groups in total. The van der Waals surface area contributed by atoms with Crippen molar-refractivity contribution < 1.29 is 14.3 Å². The number of nitrogens with zero attached hydrogens (tertiary/aromatic N) is 3. The van der Waals surface area contributed by atoms with Gasteiger partial charge in [-0.2, -0.15) is 0 Å². The number of amides is 2. The quantitative estimate of drug-likeness (QED) is 0.503. The van der Waals surface area contributed by atoms with Gasteiger partial charge in [0.15, 0.2) is 0 Å². The van der Waals surface area contributed by atoms with Crippen LogP contribution < -0.4 is 10.6 Å². The first kappa shape index (κ1) is 25.7. The number of pyridine rings is 1. The summed E-state index contributed by atoms with van der Waals surface area (Å²) in [5.41, 5.74) is 10.7. The van der Waals surface area contributed by atoms with Crippen LogP contribution in [0.15, 0.2) is 60.8 Å². The largest absolute Gasteiger partial charge is 0.399 e. The third-order valence-electron chi connectivity index (χ3n) is 6.41. The first-order valence-corrected chi connectivity index (χ1v) is 12.5. The van der Waals surface area contributed by atoms with E-state index < -0.39 is 0 Å². The Morgan fingerprint density at radius 1 is 1.06 bits per heavy atom. The molecule has 2 aliphatic rings. The Morgan fingerprint density at radius 3 is 2.42 bits per heavy atom. The molecule has 2 aromatic carbocycles. The van der Waals surface area contributed by atoms with Crippen LogP contribution in [0.25, 0.3) is 11.1 Å². The molecule has 0 saturated carbocycles. The van der Waals surface area contributed by atoms with E-state index in [1.807, 2.05) is 29.2 Å². The summed E-state index contributed by atoms with van der Waals surface area (Å²) in [5, 5.41) is 0.685. The molecule has 2 aliphatic heterocycles. The van der Waals surface area contributed by atoms with Crippen LogP contribution >= 0.6 is 11.6 Å². The van der Waals surface area contributed by atoms with Gasteiger partial charge in [0.2, 0.25) is 5.91 Å². The summed E-state index contributed by atoms with van der Waals surface area (Å²) in [5.74, 6) is 0.0280. The number of halogens is 1. The maximum absolute atomic E-state index is 12.5. The molecular formula is C28H31ClN4O3. The maximum Gasteiger partial charge on any atom is 0.272 e. The van der Waals surface area contributed by atoms with Crippen LogP contribution in [-0.2, 0) is 16.0 Å². The molecule has 5 rings (SSSR count). The Kier molecular flexibility index (Phi) is 8.23. The van der Waals surface area contributed by atoms with Gasteiger partial charge in [-0.25, -0.2) is 0 Å². The fourth-order valence-corrected chi connectivity index (χ4v) is 4.74. The molecule has 8 heteroatoms. The highest BCUT2D eigenvalue weighted by Gasteiger charge is 2.26. The molecule has 7 nitrogen and oxygen atoms in total. The van der Waals surface area contributed by atoms with Gasteiger partial charge < -0.3 is 20.3 Å². The lowest BCUT2D eigenvalue weighted by molar-refractivity contribution is -0.117. The van der Waals surface area contributed by atoms with Crippen LogP contribution in [0.1, 0.15) is 36.3 Å². The van der Waals surface area contributed by atoms with Crippen LogP contribution in [0.5, 0.6) is 0 Å². The van der Waals surface area contributed by atoms with E-state index in [-0.39, 0.29) is 17.9 Å². The van der Waals surface area contributed by atoms with Crippen LogP contribution in [0, 0.1) is 0 Å². The van der Waals surface area contributed by atoms with Crippen LogP contribution in [0.3, 0.4) is 0 Å². The van der Waals surface area contributed by atoms with Gasteiger partial charge in [-0.1, -0.05) is 29.8 Å². The smallest absolute Gasteiger partial charge is 0.272 e. The van der Waals surface area contributed by atoms with E-state index in [9.17, 15) is 9.59 Å². The first-order valence-electron chi connectivity index (χ1n) is 12.1. The highest BCUT2D eigenvalue weighted by Crippen LogP contribution is 2.34. The second-order valence-corrected chi connectivity index (χ2v) is 9.45. The van der Waals surface area contributed by atoms with Gasteiger partial charge in [0.05, 0.1) is 13.2 Å². The molecule has 2 amide bonds. The lowest BCUT2D eigenvalue weighted by Gasteiger charge is -2.34. The lowest BCUT2D eigenvalue weighted by atomic mass is 9.93. The van der Waals surface area contributed by atoms with Crippen LogP contribution in [-0.4, -0.2) is 54.0 Å². The van der Waals surface area contributed by atoms with Gasteiger partial charge in [-0.3, -0.25) is 14.6 Å². The molecule has 188 valence electrons. The molecule has 1 aromatic heterocycles. The van der Waals surface area contributed by atoms with Crippen molar-refractivity contribution in [2.75, 3.05) is 36.9 Å². The van der Waals surface area contributed by atoms with Crippen LogP contribution in [0.2, 0.25) is 5.02 Å². The van der Waals surface area contributed by atoms with Gasteiger partial charge in [0.25, 0.3) is 5.91 Å². The number of morpholine rings is 1. The number of anilines is 2.